The Morgan fingerprint density at radius 2 is 2.22 bits per heavy atom. The van der Waals surface area contributed by atoms with Crippen LogP contribution in [0.15, 0.2) is 40.2 Å². The van der Waals surface area contributed by atoms with E-state index in [1.807, 2.05) is 30.3 Å². The molecule has 0 spiro atoms. The molecule has 1 unspecified atom stereocenters. The van der Waals surface area contributed by atoms with Crippen LogP contribution in [-0.2, 0) is 9.53 Å². The summed E-state index contributed by atoms with van der Waals surface area (Å²) in [5, 5.41) is 7.72. The van der Waals surface area contributed by atoms with Crippen LogP contribution in [0, 0.1) is 0 Å². The Kier molecular flexibility index (Phi) is 4.72. The average molecular weight is 280 g/mol. The van der Waals surface area contributed by atoms with Crippen molar-refractivity contribution in [2.75, 3.05) is 12.9 Å². The largest absolute Gasteiger partial charge is 0.469 e. The summed E-state index contributed by atoms with van der Waals surface area (Å²) in [5.41, 5.74) is 2.64. The van der Waals surface area contributed by atoms with Gasteiger partial charge in [-0.1, -0.05) is 53.4 Å². The molecule has 1 heterocycles. The molecular weight excluding hydrogens is 268 g/mol. The Labute approximate surface area is 113 Å². The summed E-state index contributed by atoms with van der Waals surface area (Å²) in [6.45, 7) is 0. The number of thioether (sulfide) groups is 1. The molecule has 2 aromatic rings. The van der Waals surface area contributed by atoms with Crippen molar-refractivity contribution in [2.45, 2.75) is 10.3 Å². The standard InChI is InChI=1S/C12H12N2O2S2/c1-16-11(15)10(9-5-3-2-4-6-9)7-17-12-14-13-8-18-12/h2-6,8,10H,7H2,1H3. The lowest BCUT2D eigenvalue weighted by Crippen LogP contribution is -2.16. The number of methoxy groups -OCH3 is 1. The van der Waals surface area contributed by atoms with Gasteiger partial charge in [0.15, 0.2) is 4.34 Å². The first-order valence-corrected chi connectivity index (χ1v) is 7.19. The monoisotopic (exact) mass is 280 g/mol. The molecule has 1 aromatic carbocycles. The van der Waals surface area contributed by atoms with E-state index in [4.69, 9.17) is 4.74 Å². The molecule has 1 atom stereocenters. The average Bonchev–Trinajstić information content (AvgIpc) is 2.93. The molecule has 0 bridgehead atoms. The van der Waals surface area contributed by atoms with E-state index < -0.39 is 0 Å². The maximum atomic E-state index is 11.8. The third-order valence-electron chi connectivity index (χ3n) is 2.40. The van der Waals surface area contributed by atoms with Crippen molar-refractivity contribution in [1.29, 1.82) is 0 Å². The van der Waals surface area contributed by atoms with E-state index in [1.165, 1.54) is 30.2 Å². The number of ether oxygens (including phenoxy) is 1. The number of hydrogen-bond acceptors (Lipinski definition) is 6. The van der Waals surface area contributed by atoms with Crippen molar-refractivity contribution in [3.63, 3.8) is 0 Å². The number of carbonyl (C=O) groups is 1. The van der Waals surface area contributed by atoms with E-state index in [2.05, 4.69) is 10.2 Å². The fourth-order valence-corrected chi connectivity index (χ4v) is 3.14. The lowest BCUT2D eigenvalue weighted by atomic mass is 10.0. The molecule has 94 valence electrons. The Balaban J connectivity index is 2.09. The lowest BCUT2D eigenvalue weighted by Gasteiger charge is -2.13. The summed E-state index contributed by atoms with van der Waals surface area (Å²) in [6.07, 6.45) is 0. The minimum Gasteiger partial charge on any atom is -0.469 e. The van der Waals surface area contributed by atoms with E-state index in [0.717, 1.165) is 9.90 Å². The van der Waals surface area contributed by atoms with Crippen LogP contribution in [-0.4, -0.2) is 29.0 Å². The van der Waals surface area contributed by atoms with Gasteiger partial charge in [0.2, 0.25) is 0 Å². The third kappa shape index (κ3) is 3.30. The highest BCUT2D eigenvalue weighted by atomic mass is 32.2. The second kappa shape index (κ2) is 6.51. The summed E-state index contributed by atoms with van der Waals surface area (Å²) in [5.74, 6) is 0.106. The Morgan fingerprint density at radius 1 is 1.44 bits per heavy atom. The second-order valence-corrected chi connectivity index (χ2v) is 5.60. The number of carbonyl (C=O) groups excluding carboxylic acids is 1. The highest BCUT2D eigenvalue weighted by Gasteiger charge is 2.21. The van der Waals surface area contributed by atoms with Crippen molar-refractivity contribution >= 4 is 29.1 Å². The van der Waals surface area contributed by atoms with Crippen LogP contribution in [0.5, 0.6) is 0 Å². The summed E-state index contributed by atoms with van der Waals surface area (Å²) in [6, 6.07) is 9.63. The van der Waals surface area contributed by atoms with Crippen LogP contribution < -0.4 is 0 Å². The van der Waals surface area contributed by atoms with Crippen molar-refractivity contribution in [2.24, 2.45) is 0 Å². The van der Waals surface area contributed by atoms with Crippen LogP contribution in [0.3, 0.4) is 0 Å². The van der Waals surface area contributed by atoms with Crippen LogP contribution in [0.2, 0.25) is 0 Å². The highest BCUT2D eigenvalue weighted by molar-refractivity contribution is 8.01. The maximum absolute atomic E-state index is 11.8. The SMILES string of the molecule is COC(=O)C(CSc1nncs1)c1ccccc1. The van der Waals surface area contributed by atoms with Gasteiger partial charge in [-0.2, -0.15) is 0 Å². The van der Waals surface area contributed by atoms with Gasteiger partial charge in [0.05, 0.1) is 13.0 Å². The zero-order valence-corrected chi connectivity index (χ0v) is 11.4. The smallest absolute Gasteiger partial charge is 0.313 e. The first kappa shape index (κ1) is 13.0. The predicted molar refractivity (Wildman–Crippen MR) is 71.8 cm³/mol. The van der Waals surface area contributed by atoms with Crippen molar-refractivity contribution in [3.8, 4) is 0 Å². The molecule has 0 aliphatic rings. The van der Waals surface area contributed by atoms with Gasteiger partial charge in [0, 0.05) is 5.75 Å². The second-order valence-electron chi connectivity index (χ2n) is 3.50. The molecule has 0 fully saturated rings. The number of hydrogen-bond donors (Lipinski definition) is 0. The van der Waals surface area contributed by atoms with E-state index in [-0.39, 0.29) is 11.9 Å². The molecule has 0 radical (unpaired) electrons. The number of benzene rings is 1. The van der Waals surface area contributed by atoms with E-state index in [1.54, 1.807) is 5.51 Å². The van der Waals surface area contributed by atoms with Gasteiger partial charge < -0.3 is 4.74 Å². The van der Waals surface area contributed by atoms with Crippen molar-refractivity contribution < 1.29 is 9.53 Å². The van der Waals surface area contributed by atoms with Gasteiger partial charge >= 0.3 is 5.97 Å². The molecule has 2 rings (SSSR count). The molecule has 0 saturated carbocycles. The van der Waals surface area contributed by atoms with Crippen molar-refractivity contribution in [1.82, 2.24) is 10.2 Å². The summed E-state index contributed by atoms with van der Waals surface area (Å²) < 4.78 is 5.71. The minimum absolute atomic E-state index is 0.224. The Morgan fingerprint density at radius 3 is 2.83 bits per heavy atom. The number of aromatic nitrogens is 2. The molecule has 0 saturated heterocycles. The molecule has 0 aliphatic carbocycles. The first-order chi connectivity index (χ1) is 8.81. The lowest BCUT2D eigenvalue weighted by molar-refractivity contribution is -0.141. The van der Waals surface area contributed by atoms with Crippen LogP contribution in [0.25, 0.3) is 0 Å². The van der Waals surface area contributed by atoms with Crippen LogP contribution in [0.1, 0.15) is 11.5 Å². The number of esters is 1. The van der Waals surface area contributed by atoms with Gasteiger partial charge in [-0.25, -0.2) is 0 Å². The molecule has 18 heavy (non-hydrogen) atoms. The van der Waals surface area contributed by atoms with Gasteiger partial charge in [0.25, 0.3) is 0 Å². The summed E-state index contributed by atoms with van der Waals surface area (Å²) in [7, 11) is 1.41. The van der Waals surface area contributed by atoms with Gasteiger partial charge in [-0.05, 0) is 5.56 Å². The third-order valence-corrected chi connectivity index (χ3v) is 4.35. The normalized spacial score (nSPS) is 12.1. The summed E-state index contributed by atoms with van der Waals surface area (Å²) in [4.78, 5) is 11.8. The van der Waals surface area contributed by atoms with E-state index in [9.17, 15) is 4.79 Å². The van der Waals surface area contributed by atoms with Gasteiger partial charge in [-0.15, -0.1) is 10.2 Å². The predicted octanol–water partition coefficient (Wildman–Crippen LogP) is 2.59. The fraction of sp³-hybridized carbons (Fsp3) is 0.250. The zero-order valence-electron chi connectivity index (χ0n) is 9.78. The molecule has 0 N–H and O–H groups in total. The van der Waals surface area contributed by atoms with Crippen molar-refractivity contribution in [3.05, 3.63) is 41.4 Å². The number of rotatable bonds is 5. The molecule has 1 aromatic heterocycles. The Hall–Kier alpha value is -1.40. The highest BCUT2D eigenvalue weighted by Crippen LogP contribution is 2.27. The van der Waals surface area contributed by atoms with E-state index in [0.29, 0.717) is 5.75 Å². The molecule has 0 amide bonds. The maximum Gasteiger partial charge on any atom is 0.313 e. The fourth-order valence-electron chi connectivity index (χ4n) is 1.51. The number of nitrogens with zero attached hydrogens (tertiary/aromatic N) is 2. The minimum atomic E-state index is -0.273. The van der Waals surface area contributed by atoms with Crippen LogP contribution >= 0.6 is 23.1 Å². The quantitative estimate of drug-likeness (QED) is 0.622. The molecule has 6 heteroatoms. The molecular formula is C12H12N2O2S2. The van der Waals surface area contributed by atoms with Crippen LogP contribution in [0.4, 0.5) is 0 Å². The zero-order chi connectivity index (χ0) is 12.8. The Bertz CT molecular complexity index is 488. The van der Waals surface area contributed by atoms with E-state index >= 15 is 0 Å². The first-order valence-electron chi connectivity index (χ1n) is 5.33. The van der Waals surface area contributed by atoms with Gasteiger partial charge in [-0.3, -0.25) is 4.79 Å². The molecule has 4 nitrogen and oxygen atoms in total. The summed E-state index contributed by atoms with van der Waals surface area (Å²) >= 11 is 2.99. The van der Waals surface area contributed by atoms with Gasteiger partial charge in [0.1, 0.15) is 5.51 Å². The topological polar surface area (TPSA) is 52.1 Å². The molecule has 0 aliphatic heterocycles.